The minimum Gasteiger partial charge on any atom is -0.334 e. The lowest BCUT2D eigenvalue weighted by Crippen LogP contribution is -2.13. The van der Waals surface area contributed by atoms with E-state index in [-0.39, 0.29) is 5.41 Å². The average molecular weight is 215 g/mol. The first-order valence-corrected chi connectivity index (χ1v) is 5.42. The summed E-state index contributed by atoms with van der Waals surface area (Å²) in [6, 6.07) is 4.16. The molecule has 0 fully saturated rings. The number of aromatic nitrogens is 3. The van der Waals surface area contributed by atoms with Crippen molar-refractivity contribution in [2.24, 2.45) is 7.05 Å². The first-order valence-electron chi connectivity index (χ1n) is 5.42. The van der Waals surface area contributed by atoms with E-state index in [2.05, 4.69) is 36.8 Å². The zero-order valence-corrected chi connectivity index (χ0v) is 10.2. The number of hydrogen-bond donors (Lipinski definition) is 0. The van der Waals surface area contributed by atoms with Crippen molar-refractivity contribution in [1.82, 2.24) is 14.5 Å². The maximum Gasteiger partial charge on any atom is 0.0948 e. The van der Waals surface area contributed by atoms with E-state index in [1.54, 1.807) is 0 Å². The molecule has 0 atom stereocenters. The molecule has 0 spiro atoms. The molecule has 3 nitrogen and oxygen atoms in total. The number of hydrogen-bond acceptors (Lipinski definition) is 2. The summed E-state index contributed by atoms with van der Waals surface area (Å²) in [5.41, 5.74) is 3.47. The Labute approximate surface area is 96.2 Å². The molecule has 2 heterocycles. The van der Waals surface area contributed by atoms with Crippen molar-refractivity contribution in [3.63, 3.8) is 0 Å². The SMILES string of the molecule is Cn1cncc1-c1ccnc(C(C)(C)C)c1. The molecule has 0 aliphatic carbocycles. The Hall–Kier alpha value is -1.64. The first kappa shape index (κ1) is 10.9. The van der Waals surface area contributed by atoms with Crippen LogP contribution in [-0.4, -0.2) is 14.5 Å². The molecule has 0 unspecified atom stereocenters. The van der Waals surface area contributed by atoms with Gasteiger partial charge in [-0.1, -0.05) is 20.8 Å². The lowest BCUT2D eigenvalue weighted by Gasteiger charge is -2.18. The highest BCUT2D eigenvalue weighted by molar-refractivity contribution is 5.59. The van der Waals surface area contributed by atoms with Gasteiger partial charge in [0, 0.05) is 29.9 Å². The monoisotopic (exact) mass is 215 g/mol. The molecule has 0 radical (unpaired) electrons. The number of imidazole rings is 1. The van der Waals surface area contributed by atoms with Crippen LogP contribution in [0.3, 0.4) is 0 Å². The second-order valence-electron chi connectivity index (χ2n) is 5.07. The van der Waals surface area contributed by atoms with Crippen LogP contribution in [-0.2, 0) is 12.5 Å². The van der Waals surface area contributed by atoms with E-state index in [1.165, 1.54) is 5.56 Å². The second kappa shape index (κ2) is 3.74. The normalized spacial score (nSPS) is 11.8. The minimum atomic E-state index is 0.0780. The van der Waals surface area contributed by atoms with Crippen molar-refractivity contribution in [3.05, 3.63) is 36.5 Å². The fraction of sp³-hybridized carbons (Fsp3) is 0.385. The number of pyridine rings is 1. The summed E-state index contributed by atoms with van der Waals surface area (Å²) in [5.74, 6) is 0. The Morgan fingerprint density at radius 2 is 2.00 bits per heavy atom. The molecule has 16 heavy (non-hydrogen) atoms. The largest absolute Gasteiger partial charge is 0.334 e. The zero-order chi connectivity index (χ0) is 11.8. The van der Waals surface area contributed by atoms with Crippen molar-refractivity contribution in [2.45, 2.75) is 26.2 Å². The highest BCUT2D eigenvalue weighted by atomic mass is 15.0. The van der Waals surface area contributed by atoms with Crippen LogP contribution in [0.25, 0.3) is 11.3 Å². The van der Waals surface area contributed by atoms with Gasteiger partial charge in [-0.15, -0.1) is 0 Å². The van der Waals surface area contributed by atoms with Crippen molar-refractivity contribution in [2.75, 3.05) is 0 Å². The van der Waals surface area contributed by atoms with Gasteiger partial charge < -0.3 is 4.57 Å². The van der Waals surface area contributed by atoms with Gasteiger partial charge in [0.1, 0.15) is 0 Å². The van der Waals surface area contributed by atoms with Gasteiger partial charge in [-0.3, -0.25) is 4.98 Å². The highest BCUT2D eigenvalue weighted by Crippen LogP contribution is 2.25. The Bertz CT molecular complexity index is 492. The van der Waals surface area contributed by atoms with Crippen LogP contribution in [0.2, 0.25) is 0 Å². The molecule has 0 bridgehead atoms. The molecule has 0 amide bonds. The highest BCUT2D eigenvalue weighted by Gasteiger charge is 2.16. The molecule has 3 heteroatoms. The van der Waals surface area contributed by atoms with Gasteiger partial charge in [0.25, 0.3) is 0 Å². The maximum absolute atomic E-state index is 4.42. The Kier molecular flexibility index (Phi) is 2.54. The molecule has 0 N–H and O–H groups in total. The smallest absolute Gasteiger partial charge is 0.0948 e. The summed E-state index contributed by atoms with van der Waals surface area (Å²) in [6.45, 7) is 6.51. The van der Waals surface area contributed by atoms with Gasteiger partial charge in [0.05, 0.1) is 18.2 Å². The summed E-state index contributed by atoms with van der Waals surface area (Å²) in [6.07, 6.45) is 5.55. The average Bonchev–Trinajstić information content (AvgIpc) is 2.63. The summed E-state index contributed by atoms with van der Waals surface area (Å²) in [4.78, 5) is 8.55. The summed E-state index contributed by atoms with van der Waals surface area (Å²) in [7, 11) is 2.00. The van der Waals surface area contributed by atoms with E-state index in [4.69, 9.17) is 0 Å². The van der Waals surface area contributed by atoms with Gasteiger partial charge in [0.15, 0.2) is 0 Å². The molecule has 0 aliphatic rings. The van der Waals surface area contributed by atoms with Crippen molar-refractivity contribution < 1.29 is 0 Å². The molecule has 0 saturated carbocycles. The van der Waals surface area contributed by atoms with Gasteiger partial charge in [-0.25, -0.2) is 4.98 Å². The standard InChI is InChI=1S/C13H17N3/c1-13(2,3)12-7-10(5-6-15-12)11-8-14-9-16(11)4/h5-9H,1-4H3. The Balaban J connectivity index is 2.49. The van der Waals surface area contributed by atoms with E-state index in [0.29, 0.717) is 0 Å². The molecule has 2 aromatic heterocycles. The Morgan fingerprint density at radius 3 is 2.56 bits per heavy atom. The molecule has 0 aliphatic heterocycles. The van der Waals surface area contributed by atoms with Crippen LogP contribution < -0.4 is 0 Å². The van der Waals surface area contributed by atoms with Crippen molar-refractivity contribution in [3.8, 4) is 11.3 Å². The third kappa shape index (κ3) is 1.98. The van der Waals surface area contributed by atoms with E-state index >= 15 is 0 Å². The predicted molar refractivity (Wildman–Crippen MR) is 65.1 cm³/mol. The zero-order valence-electron chi connectivity index (χ0n) is 10.2. The fourth-order valence-corrected chi connectivity index (χ4v) is 1.64. The molecular weight excluding hydrogens is 198 g/mol. The summed E-state index contributed by atoms with van der Waals surface area (Å²) in [5, 5.41) is 0. The summed E-state index contributed by atoms with van der Waals surface area (Å²) >= 11 is 0. The van der Waals surface area contributed by atoms with Crippen LogP contribution in [0, 0.1) is 0 Å². The maximum atomic E-state index is 4.42. The molecule has 2 aromatic rings. The molecule has 0 aromatic carbocycles. The minimum absolute atomic E-state index is 0.0780. The van der Waals surface area contributed by atoms with Crippen LogP contribution in [0.15, 0.2) is 30.9 Å². The number of nitrogens with zero attached hydrogens (tertiary/aromatic N) is 3. The first-order chi connectivity index (χ1) is 7.48. The van der Waals surface area contributed by atoms with E-state index in [1.807, 2.05) is 36.4 Å². The van der Waals surface area contributed by atoms with Gasteiger partial charge in [-0.2, -0.15) is 0 Å². The van der Waals surface area contributed by atoms with Gasteiger partial charge >= 0.3 is 0 Å². The van der Waals surface area contributed by atoms with Gasteiger partial charge in [-0.05, 0) is 12.1 Å². The van der Waals surface area contributed by atoms with E-state index in [9.17, 15) is 0 Å². The molecule has 2 rings (SSSR count). The second-order valence-corrected chi connectivity index (χ2v) is 5.07. The lowest BCUT2D eigenvalue weighted by molar-refractivity contribution is 0.569. The topological polar surface area (TPSA) is 30.7 Å². The van der Waals surface area contributed by atoms with Crippen LogP contribution in [0.4, 0.5) is 0 Å². The van der Waals surface area contributed by atoms with Gasteiger partial charge in [0.2, 0.25) is 0 Å². The van der Waals surface area contributed by atoms with Crippen LogP contribution >= 0.6 is 0 Å². The van der Waals surface area contributed by atoms with E-state index < -0.39 is 0 Å². The lowest BCUT2D eigenvalue weighted by atomic mass is 9.90. The van der Waals surface area contributed by atoms with E-state index in [0.717, 1.165) is 11.4 Å². The predicted octanol–water partition coefficient (Wildman–Crippen LogP) is 2.78. The van der Waals surface area contributed by atoms with Crippen LogP contribution in [0.5, 0.6) is 0 Å². The quantitative estimate of drug-likeness (QED) is 0.732. The molecule has 84 valence electrons. The van der Waals surface area contributed by atoms with Crippen LogP contribution in [0.1, 0.15) is 26.5 Å². The van der Waals surface area contributed by atoms with Crippen molar-refractivity contribution >= 4 is 0 Å². The summed E-state index contributed by atoms with van der Waals surface area (Å²) < 4.78 is 2.02. The third-order valence-electron chi connectivity index (χ3n) is 2.64. The molecular formula is C13H17N3. The third-order valence-corrected chi connectivity index (χ3v) is 2.64. The molecule has 0 saturated heterocycles. The van der Waals surface area contributed by atoms with Crippen molar-refractivity contribution in [1.29, 1.82) is 0 Å². The number of aryl methyl sites for hydroxylation is 1. The fourth-order valence-electron chi connectivity index (χ4n) is 1.64. The number of rotatable bonds is 1. The Morgan fingerprint density at radius 1 is 1.25 bits per heavy atom.